The number of amides is 1. The van der Waals surface area contributed by atoms with Gasteiger partial charge in [-0.3, -0.25) is 9.36 Å². The molecule has 10 nitrogen and oxygen atoms in total. The smallest absolute Gasteiger partial charge is 0.254 e. The van der Waals surface area contributed by atoms with Crippen LogP contribution >= 0.6 is 0 Å². The van der Waals surface area contributed by atoms with Gasteiger partial charge in [-0.2, -0.15) is 5.10 Å². The van der Waals surface area contributed by atoms with Crippen molar-refractivity contribution in [2.24, 2.45) is 0 Å². The van der Waals surface area contributed by atoms with E-state index in [0.29, 0.717) is 45.4 Å². The van der Waals surface area contributed by atoms with Crippen molar-refractivity contribution in [2.75, 3.05) is 5.73 Å². The zero-order valence-corrected chi connectivity index (χ0v) is 25.1. The highest BCUT2D eigenvalue weighted by atomic mass is 16.1. The van der Waals surface area contributed by atoms with Crippen LogP contribution in [0.25, 0.3) is 34.1 Å². The molecule has 0 unspecified atom stereocenters. The number of aryl methyl sites for hydroxylation is 1. The number of fused-ring (bicyclic) bond motifs is 2. The summed E-state index contributed by atoms with van der Waals surface area (Å²) in [6.45, 7) is 0. The number of aromatic nitrogens is 7. The van der Waals surface area contributed by atoms with Gasteiger partial charge in [-0.05, 0) is 96.6 Å². The van der Waals surface area contributed by atoms with E-state index in [4.69, 9.17) is 15.7 Å². The molecule has 2 aromatic carbocycles. The lowest BCUT2D eigenvalue weighted by atomic mass is 10.1. The van der Waals surface area contributed by atoms with Crippen molar-refractivity contribution in [3.63, 3.8) is 0 Å². The summed E-state index contributed by atoms with van der Waals surface area (Å²) in [4.78, 5) is 32.1. The van der Waals surface area contributed by atoms with Gasteiger partial charge in [0.15, 0.2) is 17.3 Å². The molecule has 0 aliphatic heterocycles. The summed E-state index contributed by atoms with van der Waals surface area (Å²) in [5.41, 5.74) is 13.3. The third-order valence-corrected chi connectivity index (χ3v) is 8.23. The standard InChI is InChI=1S/C37H27N9O/c38-34-29(10-5-20-40-34)35-42-32-17-18-33(45-22-6-21-41-45)44-36(32)46(35)26-13-14-27-25(23-26)12-16-31(27)43-37(47)28-9-4-19-39-30(28)15-11-24-7-2-1-3-8-24/h1-10,13-14,17-23,31H,12,16H2,(H2,38,40)(H,43,47)/t31-/m0/s1. The van der Waals surface area contributed by atoms with Gasteiger partial charge in [0.2, 0.25) is 0 Å². The second-order valence-corrected chi connectivity index (χ2v) is 11.1. The molecule has 1 amide bonds. The van der Waals surface area contributed by atoms with Crippen LogP contribution in [-0.4, -0.2) is 40.2 Å². The lowest BCUT2D eigenvalue weighted by Gasteiger charge is -2.16. The number of nitrogens with one attached hydrogen (secondary N) is 1. The van der Waals surface area contributed by atoms with E-state index in [1.807, 2.05) is 77.5 Å². The summed E-state index contributed by atoms with van der Waals surface area (Å²) in [7, 11) is 0. The quantitative estimate of drug-likeness (QED) is 0.247. The fourth-order valence-corrected chi connectivity index (χ4v) is 5.98. The van der Waals surface area contributed by atoms with Gasteiger partial charge in [-0.25, -0.2) is 24.6 Å². The summed E-state index contributed by atoms with van der Waals surface area (Å²) in [5.74, 6) is 7.66. The molecule has 5 aromatic heterocycles. The Morgan fingerprint density at radius 1 is 0.872 bits per heavy atom. The lowest BCUT2D eigenvalue weighted by Crippen LogP contribution is -2.28. The number of nitrogens with zero attached hydrogens (tertiary/aromatic N) is 7. The van der Waals surface area contributed by atoms with Crippen molar-refractivity contribution >= 4 is 22.9 Å². The molecule has 0 saturated heterocycles. The lowest BCUT2D eigenvalue weighted by molar-refractivity contribution is 0.0936. The third-order valence-electron chi connectivity index (χ3n) is 8.23. The summed E-state index contributed by atoms with van der Waals surface area (Å²) in [6.07, 6.45) is 8.44. The minimum atomic E-state index is -0.206. The van der Waals surface area contributed by atoms with Crippen molar-refractivity contribution < 1.29 is 4.79 Å². The van der Waals surface area contributed by atoms with Crippen molar-refractivity contribution in [1.29, 1.82) is 0 Å². The number of carbonyl (C=O) groups excluding carboxylic acids is 1. The van der Waals surface area contributed by atoms with Crippen LogP contribution in [0.4, 0.5) is 5.82 Å². The maximum atomic E-state index is 13.5. The molecule has 0 spiro atoms. The maximum Gasteiger partial charge on any atom is 0.254 e. The first-order valence-corrected chi connectivity index (χ1v) is 15.2. The van der Waals surface area contributed by atoms with E-state index >= 15 is 0 Å². The maximum absolute atomic E-state index is 13.5. The van der Waals surface area contributed by atoms with Crippen molar-refractivity contribution in [3.8, 4) is 34.7 Å². The number of nitrogen functional groups attached to an aromatic ring is 1. The normalized spacial score (nSPS) is 13.6. The molecule has 0 fully saturated rings. The molecule has 1 atom stereocenters. The van der Waals surface area contributed by atoms with E-state index in [0.717, 1.165) is 35.2 Å². The zero-order chi connectivity index (χ0) is 31.7. The van der Waals surface area contributed by atoms with Crippen molar-refractivity contribution in [1.82, 2.24) is 39.6 Å². The number of benzene rings is 2. The minimum Gasteiger partial charge on any atom is -0.383 e. The molecular formula is C37H27N9O. The van der Waals surface area contributed by atoms with E-state index < -0.39 is 0 Å². The van der Waals surface area contributed by atoms with Crippen LogP contribution in [-0.2, 0) is 6.42 Å². The molecule has 5 heterocycles. The van der Waals surface area contributed by atoms with E-state index in [1.54, 1.807) is 35.4 Å². The van der Waals surface area contributed by atoms with E-state index in [1.165, 1.54) is 0 Å². The highest BCUT2D eigenvalue weighted by molar-refractivity contribution is 5.96. The average Bonchev–Trinajstić information content (AvgIpc) is 3.87. The predicted molar refractivity (Wildman–Crippen MR) is 179 cm³/mol. The molecule has 47 heavy (non-hydrogen) atoms. The highest BCUT2D eigenvalue weighted by Gasteiger charge is 2.27. The summed E-state index contributed by atoms with van der Waals surface area (Å²) >= 11 is 0. The SMILES string of the molecule is Nc1ncccc1-c1nc2ccc(-n3cccn3)nc2n1-c1ccc2c(c1)CC[C@@H]2NC(=O)c1cccnc1C#Cc1ccccc1. The van der Waals surface area contributed by atoms with E-state index in [9.17, 15) is 4.79 Å². The second kappa shape index (κ2) is 11.7. The first-order chi connectivity index (χ1) is 23.1. The summed E-state index contributed by atoms with van der Waals surface area (Å²) in [5, 5.41) is 7.58. The monoisotopic (exact) mass is 613 g/mol. The van der Waals surface area contributed by atoms with Crippen LogP contribution < -0.4 is 11.1 Å². The van der Waals surface area contributed by atoms with Crippen molar-refractivity contribution in [3.05, 3.63) is 144 Å². The molecule has 0 bridgehead atoms. The highest BCUT2D eigenvalue weighted by Crippen LogP contribution is 2.36. The number of hydrogen-bond donors (Lipinski definition) is 2. The fourth-order valence-electron chi connectivity index (χ4n) is 5.98. The Morgan fingerprint density at radius 2 is 1.74 bits per heavy atom. The number of pyridine rings is 3. The molecule has 1 aliphatic rings. The number of anilines is 1. The number of imidazole rings is 1. The molecule has 1 aliphatic carbocycles. The van der Waals surface area contributed by atoms with E-state index in [2.05, 4.69) is 44.4 Å². The topological polar surface area (TPSA) is 129 Å². The summed E-state index contributed by atoms with van der Waals surface area (Å²) in [6, 6.07) is 28.7. The molecule has 226 valence electrons. The van der Waals surface area contributed by atoms with Crippen LogP contribution in [0.3, 0.4) is 0 Å². The van der Waals surface area contributed by atoms with Crippen LogP contribution in [0.15, 0.2) is 116 Å². The molecule has 7 aromatic rings. The van der Waals surface area contributed by atoms with Gasteiger partial charge in [-0.15, -0.1) is 0 Å². The first kappa shape index (κ1) is 27.9. The van der Waals surface area contributed by atoms with Gasteiger partial charge in [0.25, 0.3) is 5.91 Å². The van der Waals surface area contributed by atoms with Gasteiger partial charge in [0.05, 0.1) is 17.2 Å². The molecule has 8 rings (SSSR count). The largest absolute Gasteiger partial charge is 0.383 e. The third kappa shape index (κ3) is 5.26. The molecular weight excluding hydrogens is 586 g/mol. The average molecular weight is 614 g/mol. The Labute approximate surface area is 270 Å². The molecule has 10 heteroatoms. The van der Waals surface area contributed by atoms with Gasteiger partial charge in [0, 0.05) is 36.0 Å². The second-order valence-electron chi connectivity index (χ2n) is 11.1. The van der Waals surface area contributed by atoms with Crippen LogP contribution in [0.5, 0.6) is 0 Å². The van der Waals surface area contributed by atoms with Gasteiger partial charge in [-0.1, -0.05) is 30.2 Å². The number of nitrogens with two attached hydrogens (primary N) is 1. The molecule has 0 saturated carbocycles. The first-order valence-electron chi connectivity index (χ1n) is 15.2. The van der Waals surface area contributed by atoms with Crippen LogP contribution in [0.2, 0.25) is 0 Å². The Morgan fingerprint density at radius 3 is 2.60 bits per heavy atom. The van der Waals surface area contributed by atoms with E-state index in [-0.39, 0.29) is 11.9 Å². The molecule has 3 N–H and O–H groups in total. The van der Waals surface area contributed by atoms with Crippen molar-refractivity contribution in [2.45, 2.75) is 18.9 Å². The van der Waals surface area contributed by atoms with Crippen LogP contribution in [0, 0.1) is 11.8 Å². The van der Waals surface area contributed by atoms with Gasteiger partial charge >= 0.3 is 0 Å². The minimum absolute atomic E-state index is 0.154. The Kier molecular flexibility index (Phi) is 6.96. The number of carbonyl (C=O) groups is 1. The fraction of sp³-hybridized carbons (Fsp3) is 0.0811. The number of rotatable bonds is 5. The Bertz CT molecular complexity index is 2330. The van der Waals surface area contributed by atoms with Gasteiger partial charge < -0.3 is 11.1 Å². The Hall–Kier alpha value is -6.60. The zero-order valence-electron chi connectivity index (χ0n) is 25.1. The molecule has 0 radical (unpaired) electrons. The van der Waals surface area contributed by atoms with Gasteiger partial charge in [0.1, 0.15) is 17.0 Å². The number of hydrogen-bond acceptors (Lipinski definition) is 7. The van der Waals surface area contributed by atoms with Crippen LogP contribution in [0.1, 0.15) is 45.2 Å². The predicted octanol–water partition coefficient (Wildman–Crippen LogP) is 5.46. The summed E-state index contributed by atoms with van der Waals surface area (Å²) < 4.78 is 3.72. The Balaban J connectivity index is 1.14.